The van der Waals surface area contributed by atoms with Crippen LogP contribution in [0.1, 0.15) is 11.1 Å². The average molecular weight is 338 g/mol. The fourth-order valence-electron chi connectivity index (χ4n) is 2.17. The summed E-state index contributed by atoms with van der Waals surface area (Å²) < 4.78 is 50.1. The summed E-state index contributed by atoms with van der Waals surface area (Å²) in [6.07, 6.45) is 0. The Kier molecular flexibility index (Phi) is 4.17. The lowest BCUT2D eigenvalue weighted by Gasteiger charge is -2.16. The van der Waals surface area contributed by atoms with Crippen LogP contribution in [0, 0.1) is 13.8 Å². The van der Waals surface area contributed by atoms with Gasteiger partial charge in [0.25, 0.3) is 0 Å². The van der Waals surface area contributed by atoms with Crippen molar-refractivity contribution >= 4 is 31.5 Å². The van der Waals surface area contributed by atoms with Crippen LogP contribution < -0.4 is 4.72 Å². The second-order valence-electron chi connectivity index (χ2n) is 5.09. The topological polar surface area (TPSA) is 80.3 Å². The van der Waals surface area contributed by atoms with Crippen molar-refractivity contribution in [1.29, 1.82) is 0 Å². The molecule has 2 atom stereocenters. The fourth-order valence-corrected chi connectivity index (χ4v) is 6.51. The normalized spacial score (nSPS) is 25.8. The standard InChI is InChI=1S/C12H16ClNO4S2/c1-8-3-4-9(2)12(5-8)20(17,18)14-11-7-19(15,16)6-10(11)13/h3-5,10-11,14H,6-7H2,1-2H3/t10-,11-/m1/s1. The molecule has 2 rings (SSSR count). The van der Waals surface area contributed by atoms with Crippen molar-refractivity contribution in [3.63, 3.8) is 0 Å². The zero-order valence-electron chi connectivity index (χ0n) is 11.1. The van der Waals surface area contributed by atoms with E-state index in [9.17, 15) is 16.8 Å². The summed E-state index contributed by atoms with van der Waals surface area (Å²) >= 11 is 5.92. The minimum atomic E-state index is -3.78. The van der Waals surface area contributed by atoms with E-state index in [0.29, 0.717) is 5.56 Å². The highest BCUT2D eigenvalue weighted by Crippen LogP contribution is 2.22. The number of halogens is 1. The van der Waals surface area contributed by atoms with Crippen molar-refractivity contribution < 1.29 is 16.8 Å². The molecule has 1 heterocycles. The summed E-state index contributed by atoms with van der Waals surface area (Å²) in [5.41, 5.74) is 1.42. The lowest BCUT2D eigenvalue weighted by Crippen LogP contribution is -2.40. The molecule has 1 N–H and O–H groups in total. The molecule has 0 unspecified atom stereocenters. The molecular weight excluding hydrogens is 322 g/mol. The maximum Gasteiger partial charge on any atom is 0.241 e. The van der Waals surface area contributed by atoms with E-state index in [1.165, 1.54) is 0 Å². The molecule has 5 nitrogen and oxygen atoms in total. The Morgan fingerprint density at radius 2 is 1.90 bits per heavy atom. The van der Waals surface area contributed by atoms with Crippen LogP contribution in [0.4, 0.5) is 0 Å². The molecule has 1 aliphatic heterocycles. The van der Waals surface area contributed by atoms with Crippen molar-refractivity contribution in [2.75, 3.05) is 11.5 Å². The van der Waals surface area contributed by atoms with Gasteiger partial charge in [-0.1, -0.05) is 12.1 Å². The molecule has 1 aliphatic rings. The first kappa shape index (κ1) is 15.8. The molecule has 1 aromatic rings. The number of hydrogen-bond donors (Lipinski definition) is 1. The van der Waals surface area contributed by atoms with Crippen LogP contribution in [0.15, 0.2) is 23.1 Å². The molecule has 1 fully saturated rings. The number of nitrogens with one attached hydrogen (secondary N) is 1. The van der Waals surface area contributed by atoms with Crippen molar-refractivity contribution in [2.45, 2.75) is 30.2 Å². The highest BCUT2D eigenvalue weighted by Gasteiger charge is 2.39. The molecule has 0 spiro atoms. The molecule has 8 heteroatoms. The van der Waals surface area contributed by atoms with Crippen molar-refractivity contribution in [3.8, 4) is 0 Å². The summed E-state index contributed by atoms with van der Waals surface area (Å²) in [7, 11) is -7.06. The summed E-state index contributed by atoms with van der Waals surface area (Å²) in [4.78, 5) is 0.158. The van der Waals surface area contributed by atoms with Crippen molar-refractivity contribution in [3.05, 3.63) is 29.3 Å². The molecule has 1 saturated heterocycles. The number of aryl methyl sites for hydroxylation is 2. The number of sulfonamides is 1. The van der Waals surface area contributed by atoms with Crippen LogP contribution in [0.2, 0.25) is 0 Å². The van der Waals surface area contributed by atoms with Gasteiger partial charge in [-0.2, -0.15) is 0 Å². The molecular formula is C12H16ClNO4S2. The zero-order valence-corrected chi connectivity index (χ0v) is 13.5. The first-order valence-corrected chi connectivity index (χ1v) is 9.79. The van der Waals surface area contributed by atoms with Crippen molar-refractivity contribution in [1.82, 2.24) is 4.72 Å². The maximum absolute atomic E-state index is 12.4. The highest BCUT2D eigenvalue weighted by molar-refractivity contribution is 7.92. The van der Waals surface area contributed by atoms with E-state index in [4.69, 9.17) is 11.6 Å². The zero-order chi connectivity index (χ0) is 15.1. The van der Waals surface area contributed by atoms with Crippen molar-refractivity contribution in [2.24, 2.45) is 0 Å². The summed E-state index contributed by atoms with van der Waals surface area (Å²) in [5.74, 6) is -0.459. The Labute approximate surface area is 124 Å². The number of benzene rings is 1. The molecule has 0 radical (unpaired) electrons. The van der Waals surface area contributed by atoms with Gasteiger partial charge in [0.1, 0.15) is 0 Å². The quantitative estimate of drug-likeness (QED) is 0.834. The number of hydrogen-bond acceptors (Lipinski definition) is 4. The van der Waals surface area contributed by atoms with Gasteiger partial charge in [-0.3, -0.25) is 0 Å². The second-order valence-corrected chi connectivity index (χ2v) is 9.49. The van der Waals surface area contributed by atoms with Crippen LogP contribution in [0.5, 0.6) is 0 Å². The van der Waals surface area contributed by atoms with Gasteiger partial charge in [0.05, 0.1) is 27.8 Å². The van der Waals surface area contributed by atoms with Gasteiger partial charge >= 0.3 is 0 Å². The summed E-state index contributed by atoms with van der Waals surface area (Å²) in [5, 5.41) is -0.736. The van der Waals surface area contributed by atoms with Crippen LogP contribution in [0.25, 0.3) is 0 Å². The SMILES string of the molecule is Cc1ccc(C)c(S(=O)(=O)N[C@@H]2CS(=O)(=O)C[C@H]2Cl)c1. The monoisotopic (exact) mass is 337 g/mol. The molecule has 20 heavy (non-hydrogen) atoms. The van der Waals surface area contributed by atoms with E-state index in [-0.39, 0.29) is 16.4 Å². The van der Waals surface area contributed by atoms with Gasteiger partial charge in [0.15, 0.2) is 9.84 Å². The van der Waals surface area contributed by atoms with Crippen LogP contribution in [0.3, 0.4) is 0 Å². The summed E-state index contributed by atoms with van der Waals surface area (Å²) in [6.45, 7) is 3.49. The third kappa shape index (κ3) is 3.33. The Balaban J connectivity index is 2.31. The number of rotatable bonds is 3. The minimum Gasteiger partial charge on any atom is -0.229 e. The molecule has 0 saturated carbocycles. The predicted molar refractivity (Wildman–Crippen MR) is 78.3 cm³/mol. The Bertz CT molecular complexity index is 728. The third-order valence-corrected chi connectivity index (χ3v) is 7.23. The molecule has 0 amide bonds. The lowest BCUT2D eigenvalue weighted by atomic mass is 10.2. The van der Waals surface area contributed by atoms with Crippen LogP contribution >= 0.6 is 11.6 Å². The smallest absolute Gasteiger partial charge is 0.229 e. The predicted octanol–water partition coefficient (Wildman–Crippen LogP) is 0.986. The minimum absolute atomic E-state index is 0.158. The summed E-state index contributed by atoms with van der Waals surface area (Å²) in [6, 6.07) is 4.31. The van der Waals surface area contributed by atoms with E-state index in [1.807, 2.05) is 6.07 Å². The van der Waals surface area contributed by atoms with E-state index in [0.717, 1.165) is 5.56 Å². The molecule has 0 aliphatic carbocycles. The van der Waals surface area contributed by atoms with Gasteiger partial charge in [-0.15, -0.1) is 11.6 Å². The Hall–Kier alpha value is -0.630. The molecule has 112 valence electrons. The van der Waals surface area contributed by atoms with Crippen LogP contribution in [-0.4, -0.2) is 39.8 Å². The van der Waals surface area contributed by atoms with E-state index in [1.54, 1.807) is 26.0 Å². The molecule has 1 aromatic carbocycles. The second kappa shape index (κ2) is 5.29. The maximum atomic E-state index is 12.4. The Morgan fingerprint density at radius 3 is 2.45 bits per heavy atom. The Morgan fingerprint density at radius 1 is 1.25 bits per heavy atom. The van der Waals surface area contributed by atoms with E-state index >= 15 is 0 Å². The number of sulfone groups is 1. The van der Waals surface area contributed by atoms with E-state index in [2.05, 4.69) is 4.72 Å². The number of alkyl halides is 1. The fraction of sp³-hybridized carbons (Fsp3) is 0.500. The third-order valence-electron chi connectivity index (χ3n) is 3.22. The lowest BCUT2D eigenvalue weighted by molar-refractivity contribution is 0.563. The largest absolute Gasteiger partial charge is 0.241 e. The molecule has 0 bridgehead atoms. The van der Waals surface area contributed by atoms with E-state index < -0.39 is 31.3 Å². The van der Waals surface area contributed by atoms with Gasteiger partial charge in [-0.05, 0) is 31.0 Å². The molecule has 0 aromatic heterocycles. The first-order valence-electron chi connectivity index (χ1n) is 6.05. The van der Waals surface area contributed by atoms with Gasteiger partial charge in [-0.25, -0.2) is 21.6 Å². The average Bonchev–Trinajstić information content (AvgIpc) is 2.54. The van der Waals surface area contributed by atoms with Crippen LogP contribution in [-0.2, 0) is 19.9 Å². The van der Waals surface area contributed by atoms with Gasteiger partial charge < -0.3 is 0 Å². The first-order chi connectivity index (χ1) is 9.11. The highest BCUT2D eigenvalue weighted by atomic mass is 35.5. The van der Waals surface area contributed by atoms with Gasteiger partial charge in [0, 0.05) is 0 Å². The van der Waals surface area contributed by atoms with Gasteiger partial charge in [0.2, 0.25) is 10.0 Å².